The highest BCUT2D eigenvalue weighted by Gasteiger charge is 2.25. The summed E-state index contributed by atoms with van der Waals surface area (Å²) in [5, 5.41) is 1.31. The topological polar surface area (TPSA) is 47.4 Å². The van der Waals surface area contributed by atoms with Gasteiger partial charge in [0.05, 0.1) is 12.6 Å². The van der Waals surface area contributed by atoms with Gasteiger partial charge in [0.1, 0.15) is 5.82 Å². The highest BCUT2D eigenvalue weighted by atomic mass is 35.5. The number of nitrogens with zero attached hydrogens (tertiary/aromatic N) is 3. The van der Waals surface area contributed by atoms with Crippen molar-refractivity contribution >= 4 is 29.1 Å². The van der Waals surface area contributed by atoms with Gasteiger partial charge in [-0.2, -0.15) is 0 Å². The fourth-order valence-corrected chi connectivity index (χ4v) is 4.01. The van der Waals surface area contributed by atoms with Crippen molar-refractivity contribution in [2.45, 2.75) is 32.0 Å². The second-order valence-electron chi connectivity index (χ2n) is 7.43. The van der Waals surface area contributed by atoms with Gasteiger partial charge in [-0.3, -0.25) is 4.79 Å². The number of halogens is 2. The van der Waals surface area contributed by atoms with Gasteiger partial charge in [0.15, 0.2) is 0 Å². The standard InChI is InChI=1S/C23H23Cl2N3O2/c24-19-8-6-18(7-9-19)23(29)28(15-21-5-2-12-30-21)16-22-26-10-11-27(22)14-17-3-1-4-20(25)13-17/h1,3-4,6-11,13,21H,2,5,12,14-16H2/t21-/m0/s1. The first kappa shape index (κ1) is 20.9. The maximum absolute atomic E-state index is 13.3. The zero-order chi connectivity index (χ0) is 20.9. The van der Waals surface area contributed by atoms with Crippen molar-refractivity contribution in [1.29, 1.82) is 0 Å². The molecule has 0 unspecified atom stereocenters. The van der Waals surface area contributed by atoms with E-state index in [1.807, 2.05) is 39.9 Å². The van der Waals surface area contributed by atoms with Crippen molar-refractivity contribution in [2.75, 3.05) is 13.2 Å². The molecule has 0 radical (unpaired) electrons. The molecule has 0 bridgehead atoms. The van der Waals surface area contributed by atoms with Crippen LogP contribution in [0.4, 0.5) is 0 Å². The van der Waals surface area contributed by atoms with Crippen LogP contribution in [0, 0.1) is 0 Å². The van der Waals surface area contributed by atoms with Crippen LogP contribution in [0.2, 0.25) is 10.0 Å². The van der Waals surface area contributed by atoms with Crippen LogP contribution >= 0.6 is 23.2 Å². The average Bonchev–Trinajstić information content (AvgIpc) is 3.40. The Labute approximate surface area is 186 Å². The number of carbonyl (C=O) groups is 1. The predicted octanol–water partition coefficient (Wildman–Crippen LogP) is 5.06. The molecular weight excluding hydrogens is 421 g/mol. The summed E-state index contributed by atoms with van der Waals surface area (Å²) in [4.78, 5) is 19.6. The van der Waals surface area contributed by atoms with E-state index >= 15 is 0 Å². The molecule has 1 saturated heterocycles. The van der Waals surface area contributed by atoms with Crippen LogP contribution in [-0.4, -0.2) is 39.6 Å². The SMILES string of the molecule is O=C(c1ccc(Cl)cc1)N(Cc1nccn1Cc1cccc(Cl)c1)C[C@@H]1CCCO1. The second-order valence-corrected chi connectivity index (χ2v) is 8.30. The van der Waals surface area contributed by atoms with Crippen molar-refractivity contribution in [3.05, 3.63) is 87.9 Å². The van der Waals surface area contributed by atoms with E-state index < -0.39 is 0 Å². The molecule has 1 amide bonds. The first-order chi connectivity index (χ1) is 14.6. The van der Waals surface area contributed by atoms with Crippen molar-refractivity contribution in [1.82, 2.24) is 14.5 Å². The maximum atomic E-state index is 13.3. The molecule has 1 aliphatic heterocycles. The summed E-state index contributed by atoms with van der Waals surface area (Å²) in [5.74, 6) is 0.759. The lowest BCUT2D eigenvalue weighted by molar-refractivity contribution is 0.0499. The minimum atomic E-state index is -0.0560. The summed E-state index contributed by atoms with van der Waals surface area (Å²) < 4.78 is 7.83. The number of rotatable bonds is 7. The number of imidazole rings is 1. The molecule has 1 aromatic heterocycles. The van der Waals surface area contributed by atoms with Gasteiger partial charge in [-0.25, -0.2) is 4.98 Å². The minimum Gasteiger partial charge on any atom is -0.376 e. The molecule has 0 spiro atoms. The third-order valence-corrected chi connectivity index (χ3v) is 5.69. The molecule has 156 valence electrons. The lowest BCUT2D eigenvalue weighted by Gasteiger charge is -2.26. The molecule has 2 aromatic carbocycles. The Balaban J connectivity index is 1.55. The highest BCUT2D eigenvalue weighted by molar-refractivity contribution is 6.30. The zero-order valence-corrected chi connectivity index (χ0v) is 18.0. The lowest BCUT2D eigenvalue weighted by atomic mass is 10.1. The summed E-state index contributed by atoms with van der Waals surface area (Å²) in [6.07, 6.45) is 5.72. The maximum Gasteiger partial charge on any atom is 0.254 e. The molecule has 0 aliphatic carbocycles. The molecular formula is C23H23Cl2N3O2. The molecule has 1 fully saturated rings. The fourth-order valence-electron chi connectivity index (χ4n) is 3.67. The van der Waals surface area contributed by atoms with Gasteiger partial charge in [0, 0.05) is 47.7 Å². The molecule has 7 heteroatoms. The van der Waals surface area contributed by atoms with Gasteiger partial charge in [-0.1, -0.05) is 35.3 Å². The molecule has 0 N–H and O–H groups in total. The normalized spacial score (nSPS) is 16.0. The highest BCUT2D eigenvalue weighted by Crippen LogP contribution is 2.19. The Kier molecular flexibility index (Phi) is 6.72. The zero-order valence-electron chi connectivity index (χ0n) is 16.5. The van der Waals surface area contributed by atoms with Crippen LogP contribution in [0.5, 0.6) is 0 Å². The van der Waals surface area contributed by atoms with E-state index in [0.29, 0.717) is 35.2 Å². The first-order valence-corrected chi connectivity index (χ1v) is 10.7. The number of hydrogen-bond donors (Lipinski definition) is 0. The number of aromatic nitrogens is 2. The summed E-state index contributed by atoms with van der Waals surface area (Å²) in [6, 6.07) is 14.7. The van der Waals surface area contributed by atoms with Gasteiger partial charge >= 0.3 is 0 Å². The number of ether oxygens (including phenoxy) is 1. The van der Waals surface area contributed by atoms with Crippen LogP contribution in [0.25, 0.3) is 0 Å². The first-order valence-electron chi connectivity index (χ1n) is 9.99. The van der Waals surface area contributed by atoms with Crippen molar-refractivity contribution < 1.29 is 9.53 Å². The van der Waals surface area contributed by atoms with Gasteiger partial charge < -0.3 is 14.2 Å². The molecule has 1 aliphatic rings. The van der Waals surface area contributed by atoms with Crippen LogP contribution in [0.15, 0.2) is 60.9 Å². The number of carbonyl (C=O) groups excluding carboxylic acids is 1. The molecule has 2 heterocycles. The Morgan fingerprint density at radius 3 is 2.73 bits per heavy atom. The van der Waals surface area contributed by atoms with E-state index in [1.54, 1.807) is 30.5 Å². The van der Waals surface area contributed by atoms with Crippen LogP contribution < -0.4 is 0 Å². The van der Waals surface area contributed by atoms with Gasteiger partial charge in [0.2, 0.25) is 0 Å². The number of benzene rings is 2. The number of amides is 1. The molecule has 3 aromatic rings. The predicted molar refractivity (Wildman–Crippen MR) is 118 cm³/mol. The summed E-state index contributed by atoms with van der Waals surface area (Å²) >= 11 is 12.1. The Bertz CT molecular complexity index is 998. The quantitative estimate of drug-likeness (QED) is 0.512. The third-order valence-electron chi connectivity index (χ3n) is 5.20. The second kappa shape index (κ2) is 9.65. The van der Waals surface area contributed by atoms with Crippen molar-refractivity contribution in [3.8, 4) is 0 Å². The van der Waals surface area contributed by atoms with E-state index in [2.05, 4.69) is 4.98 Å². The molecule has 1 atom stereocenters. The average molecular weight is 444 g/mol. The van der Waals surface area contributed by atoms with Crippen LogP contribution in [0.3, 0.4) is 0 Å². The lowest BCUT2D eigenvalue weighted by Crippen LogP contribution is -2.37. The van der Waals surface area contributed by atoms with E-state index in [0.717, 1.165) is 30.8 Å². The van der Waals surface area contributed by atoms with E-state index in [-0.39, 0.29) is 12.0 Å². The molecule has 4 rings (SSSR count). The monoisotopic (exact) mass is 443 g/mol. The van der Waals surface area contributed by atoms with Crippen LogP contribution in [-0.2, 0) is 17.8 Å². The summed E-state index contributed by atoms with van der Waals surface area (Å²) in [7, 11) is 0. The smallest absolute Gasteiger partial charge is 0.254 e. The Morgan fingerprint density at radius 1 is 1.17 bits per heavy atom. The molecule has 5 nitrogen and oxygen atoms in total. The largest absolute Gasteiger partial charge is 0.376 e. The summed E-state index contributed by atoms with van der Waals surface area (Å²) in [5.41, 5.74) is 1.68. The van der Waals surface area contributed by atoms with Gasteiger partial charge in [-0.15, -0.1) is 0 Å². The van der Waals surface area contributed by atoms with Gasteiger partial charge in [-0.05, 0) is 54.8 Å². The fraction of sp³-hybridized carbons (Fsp3) is 0.304. The van der Waals surface area contributed by atoms with Crippen molar-refractivity contribution in [2.24, 2.45) is 0 Å². The molecule has 30 heavy (non-hydrogen) atoms. The van der Waals surface area contributed by atoms with E-state index in [4.69, 9.17) is 27.9 Å². The van der Waals surface area contributed by atoms with Crippen LogP contribution in [0.1, 0.15) is 34.6 Å². The summed E-state index contributed by atoms with van der Waals surface area (Å²) in [6.45, 7) is 2.32. The Hall–Kier alpha value is -2.34. The third kappa shape index (κ3) is 5.22. The van der Waals surface area contributed by atoms with E-state index in [9.17, 15) is 4.79 Å². The Morgan fingerprint density at radius 2 is 2.00 bits per heavy atom. The van der Waals surface area contributed by atoms with Crippen molar-refractivity contribution in [3.63, 3.8) is 0 Å². The molecule has 0 saturated carbocycles. The van der Waals surface area contributed by atoms with E-state index in [1.165, 1.54) is 0 Å². The number of hydrogen-bond acceptors (Lipinski definition) is 3. The minimum absolute atomic E-state index is 0.0533. The van der Waals surface area contributed by atoms with Gasteiger partial charge in [0.25, 0.3) is 5.91 Å².